The average Bonchev–Trinajstić information content (AvgIpc) is 2.79. The molecule has 5 heteroatoms. The summed E-state index contributed by atoms with van der Waals surface area (Å²) in [6.07, 6.45) is 7.08. The third-order valence-corrected chi connectivity index (χ3v) is 6.44. The van der Waals surface area contributed by atoms with Crippen molar-refractivity contribution in [3.63, 3.8) is 0 Å². The lowest BCUT2D eigenvalue weighted by atomic mass is 9.75. The van der Waals surface area contributed by atoms with Crippen molar-refractivity contribution in [2.45, 2.75) is 106 Å². The molecule has 0 amide bonds. The molecule has 0 radical (unpaired) electrons. The van der Waals surface area contributed by atoms with E-state index in [9.17, 15) is 18.3 Å². The van der Waals surface area contributed by atoms with Crippen LogP contribution in [0.5, 0.6) is 5.75 Å². The SMILES string of the molecule is CC.CC1=CCC(C)C(C)=C1.CCC1CCC(O)CC1CC.Cc1ccc(OC(F)(F)F)cc1. The van der Waals surface area contributed by atoms with Gasteiger partial charge in [0.05, 0.1) is 6.10 Å². The molecule has 0 aromatic heterocycles. The molecule has 1 aromatic rings. The number of aliphatic hydroxyl groups excluding tert-OH is 1. The Labute approximate surface area is 206 Å². The number of hydrogen-bond acceptors (Lipinski definition) is 2. The summed E-state index contributed by atoms with van der Waals surface area (Å²) in [5, 5.41) is 9.42. The van der Waals surface area contributed by atoms with Gasteiger partial charge in [-0.25, -0.2) is 0 Å². The van der Waals surface area contributed by atoms with Crippen LogP contribution >= 0.6 is 0 Å². The monoisotopic (exact) mass is 484 g/mol. The van der Waals surface area contributed by atoms with E-state index in [4.69, 9.17) is 0 Å². The molecular formula is C29H47F3O2. The fraction of sp³-hybridized carbons (Fsp3) is 0.655. The Kier molecular flexibility index (Phi) is 15.9. The van der Waals surface area contributed by atoms with Crippen LogP contribution < -0.4 is 4.74 Å². The van der Waals surface area contributed by atoms with E-state index in [-0.39, 0.29) is 11.9 Å². The van der Waals surface area contributed by atoms with Gasteiger partial charge >= 0.3 is 6.36 Å². The molecule has 0 spiro atoms. The van der Waals surface area contributed by atoms with E-state index in [1.807, 2.05) is 13.8 Å². The third kappa shape index (κ3) is 13.8. The highest BCUT2D eigenvalue weighted by atomic mass is 19.4. The highest BCUT2D eigenvalue weighted by Crippen LogP contribution is 2.34. The van der Waals surface area contributed by atoms with E-state index in [1.54, 1.807) is 19.1 Å². The van der Waals surface area contributed by atoms with Gasteiger partial charge in [0.1, 0.15) is 5.75 Å². The number of hydrogen-bond donors (Lipinski definition) is 1. The van der Waals surface area contributed by atoms with E-state index in [0.29, 0.717) is 0 Å². The van der Waals surface area contributed by atoms with Crippen molar-refractivity contribution in [1.82, 2.24) is 0 Å². The Morgan fingerprint density at radius 1 is 0.941 bits per heavy atom. The van der Waals surface area contributed by atoms with Crippen molar-refractivity contribution in [2.24, 2.45) is 17.8 Å². The summed E-state index contributed by atoms with van der Waals surface area (Å²) >= 11 is 0. The maximum absolute atomic E-state index is 11.6. The number of halogens is 3. The summed E-state index contributed by atoms with van der Waals surface area (Å²) in [5.74, 6) is 2.27. The third-order valence-electron chi connectivity index (χ3n) is 6.44. The number of alkyl halides is 3. The first-order valence-electron chi connectivity index (χ1n) is 12.8. The molecule has 34 heavy (non-hydrogen) atoms. The highest BCUT2D eigenvalue weighted by molar-refractivity contribution is 5.27. The number of allylic oxidation sites excluding steroid dienone is 4. The maximum Gasteiger partial charge on any atom is 0.573 e. The van der Waals surface area contributed by atoms with Gasteiger partial charge in [0.2, 0.25) is 0 Å². The molecule has 2 aliphatic carbocycles. The van der Waals surface area contributed by atoms with Crippen LogP contribution in [0.15, 0.2) is 47.6 Å². The van der Waals surface area contributed by atoms with Crippen LogP contribution in [-0.4, -0.2) is 17.6 Å². The lowest BCUT2D eigenvalue weighted by Gasteiger charge is -2.32. The zero-order valence-electron chi connectivity index (χ0n) is 22.5. The second-order valence-electron chi connectivity index (χ2n) is 9.14. The summed E-state index contributed by atoms with van der Waals surface area (Å²) in [6, 6.07) is 5.67. The lowest BCUT2D eigenvalue weighted by Crippen LogP contribution is -2.26. The van der Waals surface area contributed by atoms with Gasteiger partial charge in [0.15, 0.2) is 0 Å². The van der Waals surface area contributed by atoms with Crippen molar-refractivity contribution in [2.75, 3.05) is 0 Å². The van der Waals surface area contributed by atoms with Gasteiger partial charge in [-0.05, 0) is 76.3 Å². The van der Waals surface area contributed by atoms with Crippen LogP contribution in [0.25, 0.3) is 0 Å². The zero-order valence-corrected chi connectivity index (χ0v) is 22.5. The van der Waals surface area contributed by atoms with Crippen LogP contribution in [0.1, 0.15) is 92.6 Å². The molecule has 1 N–H and O–H groups in total. The molecule has 2 aliphatic rings. The first kappa shape index (κ1) is 32.2. The summed E-state index contributed by atoms with van der Waals surface area (Å²) < 4.78 is 38.5. The van der Waals surface area contributed by atoms with Crippen molar-refractivity contribution in [3.05, 3.63) is 53.1 Å². The standard InChI is InChI=1S/C10H20O.C9H14.C8H7F3O.C2H6/c1-3-8-5-6-10(11)7-9(8)4-2;1-7-4-5-8(2)9(3)6-7;1-6-2-4-7(5-3-6)12-8(9,10)11;1-2/h8-11H,3-7H2,1-2H3;4,6,8H,5H2,1-3H3;2-5H,1H3;1-2H3. The quantitative estimate of drug-likeness (QED) is 0.463. The van der Waals surface area contributed by atoms with Gasteiger partial charge in [0, 0.05) is 0 Å². The predicted octanol–water partition coefficient (Wildman–Crippen LogP) is 9.42. The van der Waals surface area contributed by atoms with Crippen LogP contribution in [-0.2, 0) is 0 Å². The van der Waals surface area contributed by atoms with Crippen molar-refractivity contribution in [3.8, 4) is 5.75 Å². The second kappa shape index (κ2) is 16.8. The lowest BCUT2D eigenvalue weighted by molar-refractivity contribution is -0.274. The summed E-state index contributed by atoms with van der Waals surface area (Å²) in [7, 11) is 0. The summed E-state index contributed by atoms with van der Waals surface area (Å²) in [4.78, 5) is 0. The molecule has 2 nitrogen and oxygen atoms in total. The average molecular weight is 485 g/mol. The topological polar surface area (TPSA) is 29.5 Å². The molecule has 1 saturated carbocycles. The second-order valence-corrected chi connectivity index (χ2v) is 9.14. The van der Waals surface area contributed by atoms with E-state index in [1.165, 1.54) is 49.0 Å². The number of ether oxygens (including phenoxy) is 1. The summed E-state index contributed by atoms with van der Waals surface area (Å²) in [6.45, 7) is 16.9. The number of aliphatic hydroxyl groups is 1. The molecule has 4 unspecified atom stereocenters. The van der Waals surface area contributed by atoms with E-state index in [0.717, 1.165) is 36.2 Å². The molecular weight excluding hydrogens is 437 g/mol. The molecule has 0 aliphatic heterocycles. The zero-order chi connectivity index (χ0) is 26.3. The fourth-order valence-corrected chi connectivity index (χ4v) is 4.19. The van der Waals surface area contributed by atoms with Crippen LogP contribution in [0.2, 0.25) is 0 Å². The Morgan fingerprint density at radius 3 is 1.94 bits per heavy atom. The Bertz CT molecular complexity index is 720. The minimum Gasteiger partial charge on any atom is -0.406 e. The van der Waals surface area contributed by atoms with Crippen LogP contribution in [0.4, 0.5) is 13.2 Å². The van der Waals surface area contributed by atoms with Gasteiger partial charge in [-0.15, -0.1) is 13.2 Å². The molecule has 0 heterocycles. The molecule has 1 fully saturated rings. The van der Waals surface area contributed by atoms with Crippen molar-refractivity contribution < 1.29 is 23.0 Å². The number of rotatable bonds is 3. The number of aryl methyl sites for hydroxylation is 1. The number of benzene rings is 1. The highest BCUT2D eigenvalue weighted by Gasteiger charge is 2.30. The first-order valence-corrected chi connectivity index (χ1v) is 12.8. The Morgan fingerprint density at radius 2 is 1.50 bits per heavy atom. The van der Waals surface area contributed by atoms with Crippen LogP contribution in [0.3, 0.4) is 0 Å². The van der Waals surface area contributed by atoms with Crippen molar-refractivity contribution in [1.29, 1.82) is 0 Å². The van der Waals surface area contributed by atoms with Gasteiger partial charge < -0.3 is 9.84 Å². The molecule has 4 atom stereocenters. The molecule has 0 saturated heterocycles. The van der Waals surface area contributed by atoms with Crippen LogP contribution in [0, 0.1) is 24.7 Å². The Hall–Kier alpha value is -1.75. The first-order chi connectivity index (χ1) is 15.9. The largest absolute Gasteiger partial charge is 0.573 e. The molecule has 1 aromatic carbocycles. The van der Waals surface area contributed by atoms with E-state index >= 15 is 0 Å². The van der Waals surface area contributed by atoms with Gasteiger partial charge in [-0.2, -0.15) is 0 Å². The fourth-order valence-electron chi connectivity index (χ4n) is 4.19. The van der Waals surface area contributed by atoms with E-state index in [2.05, 4.69) is 51.5 Å². The molecule has 196 valence electrons. The Balaban J connectivity index is 0.000000467. The summed E-state index contributed by atoms with van der Waals surface area (Å²) in [5.41, 5.74) is 3.84. The van der Waals surface area contributed by atoms with Gasteiger partial charge in [-0.1, -0.05) is 88.5 Å². The smallest absolute Gasteiger partial charge is 0.406 e. The minimum absolute atomic E-state index is 0.00255. The predicted molar refractivity (Wildman–Crippen MR) is 138 cm³/mol. The molecule has 3 rings (SSSR count). The van der Waals surface area contributed by atoms with Crippen molar-refractivity contribution >= 4 is 0 Å². The molecule has 0 bridgehead atoms. The van der Waals surface area contributed by atoms with Gasteiger partial charge in [0.25, 0.3) is 0 Å². The van der Waals surface area contributed by atoms with E-state index < -0.39 is 6.36 Å². The van der Waals surface area contributed by atoms with Gasteiger partial charge in [-0.3, -0.25) is 0 Å². The maximum atomic E-state index is 11.6. The minimum atomic E-state index is -4.60. The normalized spacial score (nSPS) is 24.0.